The predicted octanol–water partition coefficient (Wildman–Crippen LogP) is 5.68. The summed E-state index contributed by atoms with van der Waals surface area (Å²) in [6.07, 6.45) is 1.74. The number of allylic oxidation sites excluding steroid dienone is 1. The molecule has 5 heteroatoms. The first-order valence-electron chi connectivity index (χ1n) is 8.48. The average molecular weight is 390 g/mol. The number of carboxylic acids is 1. The summed E-state index contributed by atoms with van der Waals surface area (Å²) in [4.78, 5) is 10.9. The Hall–Kier alpha value is -3.55. The monoisotopic (exact) mass is 389 g/mol. The van der Waals surface area contributed by atoms with Crippen molar-refractivity contribution in [1.82, 2.24) is 0 Å². The number of halogens is 1. The lowest BCUT2D eigenvalue weighted by Crippen LogP contribution is -1.99. The molecule has 0 spiro atoms. The van der Waals surface area contributed by atoms with E-state index in [-0.39, 0.29) is 12.2 Å². The normalized spacial score (nSPS) is 10.9. The lowest BCUT2D eigenvalue weighted by molar-refractivity contribution is 0.0697. The van der Waals surface area contributed by atoms with Crippen LogP contribution in [-0.2, 0) is 6.61 Å². The Morgan fingerprint density at radius 2 is 1.75 bits per heavy atom. The number of hydrogen-bond donors (Lipinski definition) is 1. The van der Waals surface area contributed by atoms with Crippen molar-refractivity contribution in [3.63, 3.8) is 0 Å². The van der Waals surface area contributed by atoms with Crippen LogP contribution >= 0.6 is 11.6 Å². The standard InChI is InChI=1S/C23H16ClNO3/c24-21-10-11-22(28-15-16-6-8-18(9-7-16)23(26)27)19(13-21)12-20(14-25)17-4-2-1-3-5-17/h1-13H,15H2,(H,26,27)/b20-12+. The van der Waals surface area contributed by atoms with Gasteiger partial charge in [-0.25, -0.2) is 4.79 Å². The Morgan fingerprint density at radius 3 is 2.39 bits per heavy atom. The highest BCUT2D eigenvalue weighted by atomic mass is 35.5. The maximum absolute atomic E-state index is 10.9. The summed E-state index contributed by atoms with van der Waals surface area (Å²) in [6.45, 7) is 0.260. The summed E-state index contributed by atoms with van der Waals surface area (Å²) in [7, 11) is 0. The maximum Gasteiger partial charge on any atom is 0.335 e. The van der Waals surface area contributed by atoms with Gasteiger partial charge in [-0.2, -0.15) is 5.26 Å². The molecule has 3 aromatic rings. The van der Waals surface area contributed by atoms with Crippen LogP contribution in [0.15, 0.2) is 72.8 Å². The zero-order chi connectivity index (χ0) is 19.9. The summed E-state index contributed by atoms with van der Waals surface area (Å²) >= 11 is 6.13. The minimum atomic E-state index is -0.970. The van der Waals surface area contributed by atoms with Crippen LogP contribution < -0.4 is 4.74 Å². The molecule has 0 amide bonds. The van der Waals surface area contributed by atoms with E-state index < -0.39 is 5.97 Å². The van der Waals surface area contributed by atoms with E-state index in [1.165, 1.54) is 12.1 Å². The Labute approximate surface area is 167 Å². The number of ether oxygens (including phenoxy) is 1. The van der Waals surface area contributed by atoms with Gasteiger partial charge in [-0.05, 0) is 47.5 Å². The molecule has 1 N–H and O–H groups in total. The van der Waals surface area contributed by atoms with Crippen molar-refractivity contribution in [3.8, 4) is 11.8 Å². The molecule has 0 atom stereocenters. The fourth-order valence-corrected chi connectivity index (χ4v) is 2.80. The van der Waals surface area contributed by atoms with Gasteiger partial charge >= 0.3 is 5.97 Å². The number of nitrogens with zero attached hydrogens (tertiary/aromatic N) is 1. The lowest BCUT2D eigenvalue weighted by atomic mass is 10.0. The molecule has 0 saturated carbocycles. The summed E-state index contributed by atoms with van der Waals surface area (Å²) in [5.41, 5.74) is 3.05. The Bertz CT molecular complexity index is 1050. The van der Waals surface area contributed by atoms with Crippen molar-refractivity contribution in [2.45, 2.75) is 6.61 Å². The van der Waals surface area contributed by atoms with Crippen LogP contribution in [0.5, 0.6) is 5.75 Å². The SMILES string of the molecule is N#C/C(=C\c1cc(Cl)ccc1OCc1ccc(C(=O)O)cc1)c1ccccc1. The summed E-state index contributed by atoms with van der Waals surface area (Å²) in [5.74, 6) is -0.391. The van der Waals surface area contributed by atoms with E-state index in [2.05, 4.69) is 6.07 Å². The highest BCUT2D eigenvalue weighted by Gasteiger charge is 2.08. The number of carboxylic acid groups (broad SMARTS) is 1. The van der Waals surface area contributed by atoms with Crippen LogP contribution in [0.25, 0.3) is 11.6 Å². The first-order chi connectivity index (χ1) is 13.6. The van der Waals surface area contributed by atoms with Gasteiger partial charge in [0.1, 0.15) is 12.4 Å². The molecule has 0 aliphatic carbocycles. The third-order valence-electron chi connectivity index (χ3n) is 4.07. The van der Waals surface area contributed by atoms with Crippen LogP contribution in [0, 0.1) is 11.3 Å². The molecule has 0 bridgehead atoms. The first kappa shape index (κ1) is 19.2. The van der Waals surface area contributed by atoms with Gasteiger partial charge in [0.05, 0.1) is 17.2 Å². The van der Waals surface area contributed by atoms with Gasteiger partial charge in [0.25, 0.3) is 0 Å². The van der Waals surface area contributed by atoms with E-state index in [9.17, 15) is 10.1 Å². The fraction of sp³-hybridized carbons (Fsp3) is 0.0435. The molecule has 0 aliphatic heterocycles. The molecular formula is C23H16ClNO3. The second-order valence-electron chi connectivity index (χ2n) is 6.01. The summed E-state index contributed by atoms with van der Waals surface area (Å²) < 4.78 is 5.90. The molecule has 0 fully saturated rings. The van der Waals surface area contributed by atoms with Crippen molar-refractivity contribution >= 4 is 29.2 Å². The molecule has 0 aliphatic rings. The zero-order valence-electron chi connectivity index (χ0n) is 14.8. The van der Waals surface area contributed by atoms with Gasteiger partial charge in [0, 0.05) is 10.6 Å². The van der Waals surface area contributed by atoms with Gasteiger partial charge in [-0.15, -0.1) is 0 Å². The Kier molecular flexibility index (Phi) is 6.11. The molecule has 0 heterocycles. The van der Waals surface area contributed by atoms with E-state index in [4.69, 9.17) is 21.4 Å². The van der Waals surface area contributed by atoms with Gasteiger partial charge in [-0.3, -0.25) is 0 Å². The number of carbonyl (C=O) groups is 1. The van der Waals surface area contributed by atoms with Crippen LogP contribution in [0.4, 0.5) is 0 Å². The largest absolute Gasteiger partial charge is 0.488 e. The van der Waals surface area contributed by atoms with Crippen LogP contribution in [0.2, 0.25) is 5.02 Å². The van der Waals surface area contributed by atoms with E-state index in [1.807, 2.05) is 30.3 Å². The van der Waals surface area contributed by atoms with E-state index >= 15 is 0 Å². The molecule has 0 unspecified atom stereocenters. The number of rotatable bonds is 6. The van der Waals surface area contributed by atoms with Crippen molar-refractivity contribution in [2.24, 2.45) is 0 Å². The molecule has 4 nitrogen and oxygen atoms in total. The van der Waals surface area contributed by atoms with E-state index in [1.54, 1.807) is 36.4 Å². The van der Waals surface area contributed by atoms with Crippen molar-refractivity contribution < 1.29 is 14.6 Å². The molecule has 28 heavy (non-hydrogen) atoms. The van der Waals surface area contributed by atoms with Gasteiger partial charge in [0.2, 0.25) is 0 Å². The van der Waals surface area contributed by atoms with Crippen LogP contribution in [0.1, 0.15) is 27.0 Å². The average Bonchev–Trinajstić information content (AvgIpc) is 2.72. The third-order valence-corrected chi connectivity index (χ3v) is 4.31. The lowest BCUT2D eigenvalue weighted by Gasteiger charge is -2.11. The zero-order valence-corrected chi connectivity index (χ0v) is 15.6. The maximum atomic E-state index is 10.9. The van der Waals surface area contributed by atoms with Crippen molar-refractivity contribution in [2.75, 3.05) is 0 Å². The number of nitriles is 1. The first-order valence-corrected chi connectivity index (χ1v) is 8.86. The Morgan fingerprint density at radius 1 is 1.04 bits per heavy atom. The van der Waals surface area contributed by atoms with Crippen LogP contribution in [0.3, 0.4) is 0 Å². The van der Waals surface area contributed by atoms with Crippen molar-refractivity contribution in [3.05, 3.63) is 100 Å². The second kappa shape index (κ2) is 8.90. The number of benzene rings is 3. The van der Waals surface area contributed by atoms with Crippen molar-refractivity contribution in [1.29, 1.82) is 5.26 Å². The minimum absolute atomic E-state index is 0.223. The molecule has 3 rings (SSSR count). The smallest absolute Gasteiger partial charge is 0.335 e. The number of aromatic carboxylic acids is 1. The molecule has 3 aromatic carbocycles. The predicted molar refractivity (Wildman–Crippen MR) is 109 cm³/mol. The second-order valence-corrected chi connectivity index (χ2v) is 6.45. The highest BCUT2D eigenvalue weighted by Crippen LogP contribution is 2.28. The molecule has 0 radical (unpaired) electrons. The molecule has 0 aromatic heterocycles. The summed E-state index contributed by atoms with van der Waals surface area (Å²) in [5, 5.41) is 19.0. The Balaban J connectivity index is 1.85. The third kappa shape index (κ3) is 4.79. The molecule has 0 saturated heterocycles. The van der Waals surface area contributed by atoms with Crippen LogP contribution in [-0.4, -0.2) is 11.1 Å². The van der Waals surface area contributed by atoms with Gasteiger partial charge in [0.15, 0.2) is 0 Å². The van der Waals surface area contributed by atoms with Gasteiger partial charge < -0.3 is 9.84 Å². The quantitative estimate of drug-likeness (QED) is 0.434. The summed E-state index contributed by atoms with van der Waals surface area (Å²) in [6, 6.07) is 23.3. The minimum Gasteiger partial charge on any atom is -0.488 e. The topological polar surface area (TPSA) is 70.3 Å². The molecular weight excluding hydrogens is 374 g/mol. The van der Waals surface area contributed by atoms with E-state index in [0.717, 1.165) is 11.1 Å². The highest BCUT2D eigenvalue weighted by molar-refractivity contribution is 6.30. The number of hydrogen-bond acceptors (Lipinski definition) is 3. The fourth-order valence-electron chi connectivity index (χ4n) is 2.62. The molecule has 138 valence electrons. The van der Waals surface area contributed by atoms with E-state index in [0.29, 0.717) is 21.9 Å². The van der Waals surface area contributed by atoms with Gasteiger partial charge in [-0.1, -0.05) is 54.1 Å².